The highest BCUT2D eigenvalue weighted by Crippen LogP contribution is 2.26. The number of hydrogen-bond donors (Lipinski definition) is 1. The summed E-state index contributed by atoms with van der Waals surface area (Å²) in [5.74, 6) is 0. The van der Waals surface area contributed by atoms with Crippen LogP contribution in [0.2, 0.25) is 0 Å². The van der Waals surface area contributed by atoms with Crippen LogP contribution >= 0.6 is 0 Å². The average molecular weight is 253 g/mol. The van der Waals surface area contributed by atoms with Crippen molar-refractivity contribution < 1.29 is 0 Å². The molecule has 0 atom stereocenters. The first-order valence-corrected chi connectivity index (χ1v) is 7.08. The van der Waals surface area contributed by atoms with Gasteiger partial charge in [0.25, 0.3) is 0 Å². The highest BCUT2D eigenvalue weighted by molar-refractivity contribution is 5.68. The predicted octanol–water partition coefficient (Wildman–Crippen LogP) is 4.33. The van der Waals surface area contributed by atoms with Gasteiger partial charge in [-0.1, -0.05) is 61.4 Å². The van der Waals surface area contributed by atoms with Crippen LogP contribution in [0.1, 0.15) is 30.0 Å². The van der Waals surface area contributed by atoms with Crippen LogP contribution in [0.3, 0.4) is 0 Å². The molecule has 0 unspecified atom stereocenters. The fraction of sp³-hybridized carbons (Fsp3) is 0.333. The van der Waals surface area contributed by atoms with E-state index in [0.29, 0.717) is 0 Å². The summed E-state index contributed by atoms with van der Waals surface area (Å²) in [6.07, 6.45) is 2.35. The monoisotopic (exact) mass is 253 g/mol. The first kappa shape index (κ1) is 13.8. The highest BCUT2D eigenvalue weighted by Gasteiger charge is 2.05. The molecule has 0 aliphatic heterocycles. The van der Waals surface area contributed by atoms with Crippen LogP contribution in [-0.4, -0.2) is 7.05 Å². The van der Waals surface area contributed by atoms with Gasteiger partial charge in [-0.3, -0.25) is 0 Å². The van der Waals surface area contributed by atoms with Crippen LogP contribution in [0.5, 0.6) is 0 Å². The smallest absolute Gasteiger partial charge is 0.0208 e. The molecule has 0 bridgehead atoms. The number of rotatable bonds is 5. The summed E-state index contributed by atoms with van der Waals surface area (Å²) in [5, 5.41) is 3.25. The molecule has 0 radical (unpaired) electrons. The van der Waals surface area contributed by atoms with E-state index in [2.05, 4.69) is 61.6 Å². The fourth-order valence-electron chi connectivity index (χ4n) is 2.49. The lowest BCUT2D eigenvalue weighted by atomic mass is 9.95. The number of aryl methyl sites for hydroxylation is 2. The Kier molecular flexibility index (Phi) is 4.75. The molecule has 0 heterocycles. The molecule has 1 nitrogen and oxygen atoms in total. The summed E-state index contributed by atoms with van der Waals surface area (Å²) in [6, 6.07) is 15.6. The van der Waals surface area contributed by atoms with Gasteiger partial charge in [0.1, 0.15) is 0 Å². The number of hydrogen-bond acceptors (Lipinski definition) is 1. The van der Waals surface area contributed by atoms with E-state index in [9.17, 15) is 0 Å². The lowest BCUT2D eigenvalue weighted by Gasteiger charge is -2.12. The summed E-state index contributed by atoms with van der Waals surface area (Å²) in [5.41, 5.74) is 6.79. The first-order valence-electron chi connectivity index (χ1n) is 7.08. The van der Waals surface area contributed by atoms with E-state index < -0.39 is 0 Å². The van der Waals surface area contributed by atoms with Crippen LogP contribution < -0.4 is 5.32 Å². The standard InChI is InChI=1S/C18H23N/c1-4-6-15-7-5-8-16(12-15)18-11-14(2)9-10-17(18)13-19-3/h5,7-12,19H,4,6,13H2,1-3H3. The van der Waals surface area contributed by atoms with E-state index in [0.717, 1.165) is 13.0 Å². The summed E-state index contributed by atoms with van der Waals surface area (Å²) in [4.78, 5) is 0. The van der Waals surface area contributed by atoms with E-state index in [4.69, 9.17) is 0 Å². The van der Waals surface area contributed by atoms with Crippen LogP contribution in [0, 0.1) is 6.92 Å². The van der Waals surface area contributed by atoms with Gasteiger partial charge in [0.2, 0.25) is 0 Å². The molecular weight excluding hydrogens is 230 g/mol. The molecule has 0 aromatic heterocycles. The normalized spacial score (nSPS) is 10.7. The molecule has 2 aromatic carbocycles. The van der Waals surface area contributed by atoms with E-state index in [-0.39, 0.29) is 0 Å². The van der Waals surface area contributed by atoms with E-state index in [1.54, 1.807) is 0 Å². The molecular formula is C18H23N. The first-order chi connectivity index (χ1) is 9.24. The Bertz CT molecular complexity index is 543. The molecule has 0 fully saturated rings. The lowest BCUT2D eigenvalue weighted by Crippen LogP contribution is -2.06. The van der Waals surface area contributed by atoms with Gasteiger partial charge in [-0.15, -0.1) is 0 Å². The van der Waals surface area contributed by atoms with Gasteiger partial charge in [-0.25, -0.2) is 0 Å². The maximum atomic E-state index is 3.25. The number of benzene rings is 2. The maximum Gasteiger partial charge on any atom is 0.0208 e. The molecule has 0 saturated heterocycles. The Balaban J connectivity index is 2.44. The highest BCUT2D eigenvalue weighted by atomic mass is 14.8. The minimum absolute atomic E-state index is 0.910. The Morgan fingerprint density at radius 1 is 1.05 bits per heavy atom. The van der Waals surface area contributed by atoms with Crippen molar-refractivity contribution in [2.75, 3.05) is 7.05 Å². The van der Waals surface area contributed by atoms with Crippen LogP contribution in [-0.2, 0) is 13.0 Å². The van der Waals surface area contributed by atoms with Gasteiger partial charge in [0.05, 0.1) is 0 Å². The molecule has 2 rings (SSSR count). The second-order valence-corrected chi connectivity index (χ2v) is 5.14. The fourth-order valence-corrected chi connectivity index (χ4v) is 2.49. The van der Waals surface area contributed by atoms with E-state index in [1.165, 1.54) is 34.2 Å². The summed E-state index contributed by atoms with van der Waals surface area (Å²) < 4.78 is 0. The lowest BCUT2D eigenvalue weighted by molar-refractivity contribution is 0.819. The van der Waals surface area contributed by atoms with Crippen LogP contribution in [0.15, 0.2) is 42.5 Å². The van der Waals surface area contributed by atoms with Crippen molar-refractivity contribution >= 4 is 0 Å². The topological polar surface area (TPSA) is 12.0 Å². The van der Waals surface area contributed by atoms with Crippen LogP contribution in [0.4, 0.5) is 0 Å². The minimum Gasteiger partial charge on any atom is -0.316 e. The Morgan fingerprint density at radius 2 is 1.89 bits per heavy atom. The molecule has 0 amide bonds. The zero-order chi connectivity index (χ0) is 13.7. The third-order valence-electron chi connectivity index (χ3n) is 3.41. The summed E-state index contributed by atoms with van der Waals surface area (Å²) >= 11 is 0. The summed E-state index contributed by atoms with van der Waals surface area (Å²) in [6.45, 7) is 5.29. The van der Waals surface area contributed by atoms with Crippen molar-refractivity contribution in [1.29, 1.82) is 0 Å². The molecule has 19 heavy (non-hydrogen) atoms. The Morgan fingerprint density at radius 3 is 2.63 bits per heavy atom. The van der Waals surface area contributed by atoms with Crippen molar-refractivity contribution in [2.24, 2.45) is 0 Å². The second-order valence-electron chi connectivity index (χ2n) is 5.14. The van der Waals surface area contributed by atoms with Crippen molar-refractivity contribution in [1.82, 2.24) is 5.32 Å². The number of nitrogens with one attached hydrogen (secondary N) is 1. The van der Waals surface area contributed by atoms with Crippen LogP contribution in [0.25, 0.3) is 11.1 Å². The second kappa shape index (κ2) is 6.53. The van der Waals surface area contributed by atoms with Crippen molar-refractivity contribution in [3.63, 3.8) is 0 Å². The van der Waals surface area contributed by atoms with Gasteiger partial charge >= 0.3 is 0 Å². The zero-order valence-corrected chi connectivity index (χ0v) is 12.2. The Labute approximate surface area is 116 Å². The van der Waals surface area contributed by atoms with Gasteiger partial charge in [-0.05, 0) is 42.6 Å². The maximum absolute atomic E-state index is 3.25. The third-order valence-corrected chi connectivity index (χ3v) is 3.41. The zero-order valence-electron chi connectivity index (χ0n) is 12.2. The Hall–Kier alpha value is -1.60. The molecule has 1 N–H and O–H groups in total. The molecule has 100 valence electrons. The minimum atomic E-state index is 0.910. The van der Waals surface area contributed by atoms with Gasteiger partial charge in [0, 0.05) is 6.54 Å². The molecule has 2 aromatic rings. The van der Waals surface area contributed by atoms with Crippen molar-refractivity contribution in [2.45, 2.75) is 33.2 Å². The van der Waals surface area contributed by atoms with Gasteiger partial charge < -0.3 is 5.32 Å². The molecule has 0 saturated carbocycles. The predicted molar refractivity (Wildman–Crippen MR) is 83.4 cm³/mol. The van der Waals surface area contributed by atoms with Gasteiger partial charge in [0.15, 0.2) is 0 Å². The van der Waals surface area contributed by atoms with Gasteiger partial charge in [-0.2, -0.15) is 0 Å². The van der Waals surface area contributed by atoms with Crippen molar-refractivity contribution in [3.05, 3.63) is 59.2 Å². The average Bonchev–Trinajstić information content (AvgIpc) is 2.42. The molecule has 0 aliphatic rings. The summed E-state index contributed by atoms with van der Waals surface area (Å²) in [7, 11) is 2.00. The molecule has 0 spiro atoms. The largest absolute Gasteiger partial charge is 0.316 e. The third kappa shape index (κ3) is 3.45. The quantitative estimate of drug-likeness (QED) is 0.836. The molecule has 0 aliphatic carbocycles. The van der Waals surface area contributed by atoms with E-state index in [1.807, 2.05) is 7.05 Å². The van der Waals surface area contributed by atoms with E-state index >= 15 is 0 Å². The van der Waals surface area contributed by atoms with Crippen molar-refractivity contribution in [3.8, 4) is 11.1 Å². The molecule has 1 heteroatoms. The SMILES string of the molecule is CCCc1cccc(-c2cc(C)ccc2CNC)c1.